The summed E-state index contributed by atoms with van der Waals surface area (Å²) in [6.45, 7) is 0. The highest BCUT2D eigenvalue weighted by Gasteiger charge is 2.16. The fourth-order valence-electron chi connectivity index (χ4n) is 3.93. The number of nitrogen functional groups attached to an aromatic ring is 1. The molecule has 0 saturated heterocycles. The zero-order valence-electron chi connectivity index (χ0n) is 19.1. The molecule has 2 heterocycles. The average molecular weight is 486 g/mol. The van der Waals surface area contributed by atoms with Crippen molar-refractivity contribution in [2.24, 2.45) is 7.05 Å². The lowest BCUT2D eigenvalue weighted by Crippen LogP contribution is -2.25. The molecule has 0 unspecified atom stereocenters. The number of rotatable bonds is 6. The van der Waals surface area contributed by atoms with Gasteiger partial charge in [0.15, 0.2) is 23.1 Å². The van der Waals surface area contributed by atoms with Gasteiger partial charge in [-0.3, -0.25) is 18.8 Å². The number of anilines is 1. The second-order valence-corrected chi connectivity index (χ2v) is 8.26. The highest BCUT2D eigenvalue weighted by Crippen LogP contribution is 2.33. The lowest BCUT2D eigenvalue weighted by Gasteiger charge is -2.11. The summed E-state index contributed by atoms with van der Waals surface area (Å²) in [6.07, 6.45) is 2.96. The molecule has 0 amide bonds. The van der Waals surface area contributed by atoms with Crippen molar-refractivity contribution in [1.29, 1.82) is 0 Å². The van der Waals surface area contributed by atoms with Gasteiger partial charge in [-0.05, 0) is 66.2 Å². The van der Waals surface area contributed by atoms with E-state index in [-0.39, 0.29) is 23.5 Å². The molecule has 0 aliphatic carbocycles. The molecule has 9 heteroatoms. The summed E-state index contributed by atoms with van der Waals surface area (Å²) >= 11 is 0. The Balaban J connectivity index is 1.36. The molecule has 0 bridgehead atoms. The van der Waals surface area contributed by atoms with Crippen LogP contribution < -0.4 is 16.0 Å². The van der Waals surface area contributed by atoms with Crippen LogP contribution in [0.3, 0.4) is 0 Å². The van der Waals surface area contributed by atoms with Gasteiger partial charge in [-0.25, -0.2) is 8.78 Å². The van der Waals surface area contributed by atoms with Crippen LogP contribution in [0.1, 0.15) is 15.9 Å². The van der Waals surface area contributed by atoms with Crippen molar-refractivity contribution in [3.8, 4) is 17.2 Å². The maximum absolute atomic E-state index is 14.8. The number of ketones is 1. The number of pyridine rings is 1. The number of ether oxygens (including phenoxy) is 1. The van der Waals surface area contributed by atoms with Crippen LogP contribution in [-0.2, 0) is 13.5 Å². The predicted molar refractivity (Wildman–Crippen MR) is 132 cm³/mol. The highest BCUT2D eigenvalue weighted by atomic mass is 19.1. The van der Waals surface area contributed by atoms with E-state index in [1.165, 1.54) is 53.2 Å². The standard InChI is InChI=1S/C27H20F2N4O3/c1-32-23-14-22(30)26(13-17(23)15-31-32)36-25-9-4-16(11-21(25)29)12-24(34)20-3-2-10-33(27(20)35)19-7-5-18(28)6-8-19/h2-11,13-15H,12,30H2,1H3. The number of carbonyl (C=O) groups excluding carboxylic acids is 1. The van der Waals surface area contributed by atoms with Gasteiger partial charge in [-0.1, -0.05) is 6.07 Å². The molecule has 0 atom stereocenters. The molecule has 0 saturated carbocycles. The van der Waals surface area contributed by atoms with Gasteiger partial charge in [-0.15, -0.1) is 0 Å². The Kier molecular flexibility index (Phi) is 5.81. The maximum atomic E-state index is 14.8. The normalized spacial score (nSPS) is 11.1. The molecular formula is C27H20F2N4O3. The van der Waals surface area contributed by atoms with Gasteiger partial charge in [0.25, 0.3) is 5.56 Å². The third kappa shape index (κ3) is 4.34. The van der Waals surface area contributed by atoms with Crippen LogP contribution in [0.15, 0.2) is 83.9 Å². The molecule has 3 aromatic carbocycles. The molecule has 0 radical (unpaired) electrons. The summed E-state index contributed by atoms with van der Waals surface area (Å²) in [6, 6.07) is 15.8. The molecule has 0 aliphatic heterocycles. The Morgan fingerprint density at radius 2 is 1.81 bits per heavy atom. The number of benzene rings is 3. The van der Waals surface area contributed by atoms with Gasteiger partial charge < -0.3 is 10.5 Å². The van der Waals surface area contributed by atoms with Crippen molar-refractivity contribution >= 4 is 22.4 Å². The third-order valence-corrected chi connectivity index (χ3v) is 5.81. The van der Waals surface area contributed by atoms with E-state index in [4.69, 9.17) is 10.5 Å². The number of aromatic nitrogens is 3. The van der Waals surface area contributed by atoms with E-state index in [0.29, 0.717) is 16.9 Å². The zero-order chi connectivity index (χ0) is 25.4. The molecule has 0 spiro atoms. The lowest BCUT2D eigenvalue weighted by atomic mass is 10.0. The number of aryl methyl sites for hydroxylation is 1. The van der Waals surface area contributed by atoms with Crippen molar-refractivity contribution in [2.75, 3.05) is 5.73 Å². The van der Waals surface area contributed by atoms with E-state index in [9.17, 15) is 18.4 Å². The predicted octanol–water partition coefficient (Wildman–Crippen LogP) is 4.80. The first-order valence-corrected chi connectivity index (χ1v) is 11.0. The summed E-state index contributed by atoms with van der Waals surface area (Å²) < 4.78 is 36.7. The molecule has 0 aliphatic rings. The van der Waals surface area contributed by atoms with Crippen LogP contribution in [0.2, 0.25) is 0 Å². The second kappa shape index (κ2) is 9.10. The zero-order valence-corrected chi connectivity index (χ0v) is 19.1. The average Bonchev–Trinajstić information content (AvgIpc) is 3.21. The van der Waals surface area contributed by atoms with Crippen molar-refractivity contribution in [2.45, 2.75) is 6.42 Å². The SMILES string of the molecule is Cn1ncc2cc(Oc3ccc(CC(=O)c4cccn(-c5ccc(F)cc5)c4=O)cc3F)c(N)cc21. The van der Waals surface area contributed by atoms with E-state index < -0.39 is 23.0 Å². The van der Waals surface area contributed by atoms with Crippen LogP contribution in [0.4, 0.5) is 14.5 Å². The van der Waals surface area contributed by atoms with E-state index in [0.717, 1.165) is 10.9 Å². The summed E-state index contributed by atoms with van der Waals surface area (Å²) in [5, 5.41) is 4.95. The maximum Gasteiger partial charge on any atom is 0.265 e. The lowest BCUT2D eigenvalue weighted by molar-refractivity contribution is 0.0991. The van der Waals surface area contributed by atoms with Crippen LogP contribution >= 0.6 is 0 Å². The molecule has 2 N–H and O–H groups in total. The first-order valence-electron chi connectivity index (χ1n) is 11.0. The fraction of sp³-hybridized carbons (Fsp3) is 0.0741. The van der Waals surface area contributed by atoms with Crippen LogP contribution in [0, 0.1) is 11.6 Å². The number of nitrogens with two attached hydrogens (primary N) is 1. The minimum Gasteiger partial charge on any atom is -0.452 e. The van der Waals surface area contributed by atoms with Gasteiger partial charge in [0.2, 0.25) is 0 Å². The van der Waals surface area contributed by atoms with Crippen LogP contribution in [0.5, 0.6) is 11.5 Å². The van der Waals surface area contributed by atoms with Crippen molar-refractivity contribution < 1.29 is 18.3 Å². The molecular weight excluding hydrogens is 466 g/mol. The third-order valence-electron chi connectivity index (χ3n) is 5.81. The van der Waals surface area contributed by atoms with Crippen LogP contribution in [-0.4, -0.2) is 20.1 Å². The highest BCUT2D eigenvalue weighted by molar-refractivity contribution is 5.97. The Labute approximate surface area is 204 Å². The minimum absolute atomic E-state index is 0.0555. The molecule has 2 aromatic heterocycles. The van der Waals surface area contributed by atoms with E-state index in [1.807, 2.05) is 0 Å². The second-order valence-electron chi connectivity index (χ2n) is 8.26. The first kappa shape index (κ1) is 23.0. The largest absolute Gasteiger partial charge is 0.452 e. The monoisotopic (exact) mass is 486 g/mol. The van der Waals surface area contributed by atoms with E-state index in [1.54, 1.807) is 42.2 Å². The van der Waals surface area contributed by atoms with E-state index in [2.05, 4.69) is 5.10 Å². The number of hydrogen-bond acceptors (Lipinski definition) is 5. The number of halogens is 2. The van der Waals surface area contributed by atoms with Crippen molar-refractivity contribution in [3.63, 3.8) is 0 Å². The number of nitrogens with zero attached hydrogens (tertiary/aromatic N) is 3. The van der Waals surface area contributed by atoms with E-state index >= 15 is 0 Å². The number of Topliss-reactive ketones (excluding diaryl/α,β-unsaturated/α-hetero) is 1. The van der Waals surface area contributed by atoms with Crippen molar-refractivity contribution in [3.05, 3.63) is 112 Å². The van der Waals surface area contributed by atoms with Gasteiger partial charge in [0, 0.05) is 30.7 Å². The number of hydrogen-bond donors (Lipinski definition) is 1. The Morgan fingerprint density at radius 1 is 1.03 bits per heavy atom. The van der Waals surface area contributed by atoms with Crippen molar-refractivity contribution in [1.82, 2.24) is 14.3 Å². The van der Waals surface area contributed by atoms with Gasteiger partial charge in [0.05, 0.1) is 23.0 Å². The summed E-state index contributed by atoms with van der Waals surface area (Å²) in [5.41, 5.74) is 7.40. The first-order chi connectivity index (χ1) is 17.3. The Bertz CT molecular complexity index is 1670. The molecule has 5 rings (SSSR count). The topological polar surface area (TPSA) is 92.1 Å². The number of carbonyl (C=O) groups is 1. The Hall–Kier alpha value is -4.79. The summed E-state index contributed by atoms with van der Waals surface area (Å²) in [5.74, 6) is -1.37. The molecule has 180 valence electrons. The number of fused-ring (bicyclic) bond motifs is 1. The van der Waals surface area contributed by atoms with Gasteiger partial charge in [0.1, 0.15) is 5.82 Å². The summed E-state index contributed by atoms with van der Waals surface area (Å²) in [7, 11) is 1.79. The Morgan fingerprint density at radius 3 is 2.56 bits per heavy atom. The quantitative estimate of drug-likeness (QED) is 0.275. The molecule has 0 fully saturated rings. The fourth-order valence-corrected chi connectivity index (χ4v) is 3.93. The molecule has 5 aromatic rings. The summed E-state index contributed by atoms with van der Waals surface area (Å²) in [4.78, 5) is 25.8. The van der Waals surface area contributed by atoms with Gasteiger partial charge >= 0.3 is 0 Å². The van der Waals surface area contributed by atoms with Crippen LogP contribution in [0.25, 0.3) is 16.6 Å². The smallest absolute Gasteiger partial charge is 0.265 e. The van der Waals surface area contributed by atoms with Gasteiger partial charge in [-0.2, -0.15) is 5.10 Å². The molecule has 36 heavy (non-hydrogen) atoms. The molecule has 7 nitrogen and oxygen atoms in total. The minimum atomic E-state index is -0.678.